The number of carbonyl (C=O) groups is 1. The zero-order valence-electron chi connectivity index (χ0n) is 17.6. The molecule has 3 aromatic carbocycles. The maximum Gasteiger partial charge on any atom is 0.233 e. The van der Waals surface area contributed by atoms with Crippen molar-refractivity contribution in [3.8, 4) is 5.75 Å². The third-order valence-electron chi connectivity index (χ3n) is 4.77. The Bertz CT molecular complexity index is 1020. The van der Waals surface area contributed by atoms with Gasteiger partial charge in [-0.1, -0.05) is 95.5 Å². The van der Waals surface area contributed by atoms with Gasteiger partial charge in [-0.25, -0.2) is 0 Å². The van der Waals surface area contributed by atoms with Crippen LogP contribution in [0.2, 0.25) is 0 Å². The average Bonchev–Trinajstić information content (AvgIpc) is 2.80. The van der Waals surface area contributed by atoms with Crippen LogP contribution in [0.1, 0.15) is 17.0 Å². The minimum atomic E-state index is -1.88. The highest BCUT2D eigenvalue weighted by molar-refractivity contribution is 7.80. The van der Waals surface area contributed by atoms with Crippen LogP contribution in [0.15, 0.2) is 84.9 Å². The molecule has 0 fully saturated rings. The molecule has 0 aliphatic heterocycles. The van der Waals surface area contributed by atoms with Crippen LogP contribution in [0.3, 0.4) is 0 Å². The van der Waals surface area contributed by atoms with Gasteiger partial charge in [-0.15, -0.1) is 0 Å². The zero-order valence-corrected chi connectivity index (χ0v) is 20.7. The van der Waals surface area contributed by atoms with Crippen LogP contribution in [-0.4, -0.2) is 28.1 Å². The van der Waals surface area contributed by atoms with Crippen LogP contribution < -0.4 is 20.7 Å². The number of nitrogens with one attached hydrogen (secondary N) is 3. The van der Waals surface area contributed by atoms with E-state index in [0.29, 0.717) is 11.4 Å². The predicted molar refractivity (Wildman–Crippen MR) is 139 cm³/mol. The van der Waals surface area contributed by atoms with E-state index in [9.17, 15) is 4.79 Å². The largest absolute Gasteiger partial charge is 0.497 e. The first-order valence-corrected chi connectivity index (χ1v) is 11.5. The van der Waals surface area contributed by atoms with E-state index in [4.69, 9.17) is 51.8 Å². The lowest BCUT2D eigenvalue weighted by Crippen LogP contribution is -2.57. The van der Waals surface area contributed by atoms with E-state index >= 15 is 0 Å². The topological polar surface area (TPSA) is 62.4 Å². The number of rotatable bonds is 7. The summed E-state index contributed by atoms with van der Waals surface area (Å²) >= 11 is 23.9. The lowest BCUT2D eigenvalue weighted by atomic mass is 9.90. The van der Waals surface area contributed by atoms with Crippen LogP contribution in [0.4, 0.5) is 5.69 Å². The quantitative estimate of drug-likeness (QED) is 0.213. The summed E-state index contributed by atoms with van der Waals surface area (Å²) in [6, 6.07) is 25.9. The monoisotopic (exact) mass is 521 g/mol. The predicted octanol–water partition coefficient (Wildman–Crippen LogP) is 5.63. The van der Waals surface area contributed by atoms with Crippen molar-refractivity contribution in [2.24, 2.45) is 0 Å². The summed E-state index contributed by atoms with van der Waals surface area (Å²) < 4.78 is 3.27. The first kappa shape index (κ1) is 25.1. The molecule has 0 saturated heterocycles. The van der Waals surface area contributed by atoms with Crippen molar-refractivity contribution in [1.82, 2.24) is 10.6 Å². The van der Waals surface area contributed by atoms with Gasteiger partial charge in [0.05, 0.1) is 13.0 Å². The SMILES string of the molecule is COc1ccc(NC(=S)NC(NC(=O)C(c2ccccc2)c2ccccc2)C(Cl)(Cl)Cl)cc1. The molecule has 0 aromatic heterocycles. The zero-order chi connectivity index (χ0) is 23.8. The van der Waals surface area contributed by atoms with Crippen LogP contribution in [0.5, 0.6) is 5.75 Å². The third-order valence-corrected chi connectivity index (χ3v) is 5.64. The number of hydrogen-bond donors (Lipinski definition) is 3. The highest BCUT2D eigenvalue weighted by atomic mass is 35.6. The number of amides is 1. The van der Waals surface area contributed by atoms with Crippen molar-refractivity contribution in [2.75, 3.05) is 12.4 Å². The van der Waals surface area contributed by atoms with Crippen LogP contribution >= 0.6 is 47.0 Å². The van der Waals surface area contributed by atoms with Crippen LogP contribution in [-0.2, 0) is 4.79 Å². The van der Waals surface area contributed by atoms with Gasteiger partial charge in [0.2, 0.25) is 9.70 Å². The molecule has 1 unspecified atom stereocenters. The molecule has 0 aliphatic carbocycles. The number of carbonyl (C=O) groups excluding carboxylic acids is 1. The molecule has 0 radical (unpaired) electrons. The van der Waals surface area contributed by atoms with Gasteiger partial charge >= 0.3 is 0 Å². The van der Waals surface area contributed by atoms with E-state index < -0.39 is 15.9 Å². The average molecular weight is 523 g/mol. The lowest BCUT2D eigenvalue weighted by Gasteiger charge is -2.29. The van der Waals surface area contributed by atoms with Crippen LogP contribution in [0.25, 0.3) is 0 Å². The molecule has 3 rings (SSSR count). The Balaban J connectivity index is 1.77. The molecule has 3 N–H and O–H groups in total. The van der Waals surface area contributed by atoms with E-state index in [1.807, 2.05) is 60.7 Å². The molecule has 1 amide bonds. The molecule has 0 saturated carbocycles. The maximum absolute atomic E-state index is 13.4. The number of ether oxygens (including phenoxy) is 1. The highest BCUT2D eigenvalue weighted by Crippen LogP contribution is 2.31. The van der Waals surface area contributed by atoms with Gasteiger partial charge in [-0.3, -0.25) is 4.79 Å². The van der Waals surface area contributed by atoms with Gasteiger partial charge < -0.3 is 20.7 Å². The molecule has 0 spiro atoms. The fraction of sp³-hybridized carbons (Fsp3) is 0.167. The van der Waals surface area contributed by atoms with Gasteiger partial charge in [0.25, 0.3) is 0 Å². The first-order valence-electron chi connectivity index (χ1n) is 9.96. The Labute approximate surface area is 213 Å². The molecule has 5 nitrogen and oxygen atoms in total. The van der Waals surface area contributed by atoms with Gasteiger partial charge in [0.15, 0.2) is 5.11 Å². The second-order valence-corrected chi connectivity index (χ2v) is 9.84. The van der Waals surface area contributed by atoms with Crippen molar-refractivity contribution >= 4 is 63.7 Å². The smallest absolute Gasteiger partial charge is 0.233 e. The molecule has 0 aliphatic rings. The van der Waals surface area contributed by atoms with E-state index in [1.165, 1.54) is 0 Å². The molecular weight excluding hydrogens is 501 g/mol. The van der Waals surface area contributed by atoms with E-state index in [-0.39, 0.29) is 11.0 Å². The Morgan fingerprint density at radius 1 is 0.848 bits per heavy atom. The highest BCUT2D eigenvalue weighted by Gasteiger charge is 2.36. The van der Waals surface area contributed by atoms with Gasteiger partial charge in [0, 0.05) is 5.69 Å². The minimum Gasteiger partial charge on any atom is -0.497 e. The fourth-order valence-corrected chi connectivity index (χ4v) is 3.75. The van der Waals surface area contributed by atoms with Crippen molar-refractivity contribution in [2.45, 2.75) is 15.9 Å². The number of hydrogen-bond acceptors (Lipinski definition) is 3. The summed E-state index contributed by atoms with van der Waals surface area (Å²) in [6.45, 7) is 0. The van der Waals surface area contributed by atoms with E-state index in [2.05, 4.69) is 16.0 Å². The van der Waals surface area contributed by atoms with Crippen molar-refractivity contribution in [3.05, 3.63) is 96.1 Å². The molecule has 3 aromatic rings. The Kier molecular flexibility index (Phi) is 8.80. The molecule has 9 heteroatoms. The number of benzene rings is 3. The summed E-state index contributed by atoms with van der Waals surface area (Å²) in [6.07, 6.45) is -1.09. The second-order valence-electron chi connectivity index (χ2n) is 7.06. The fourth-order valence-electron chi connectivity index (χ4n) is 3.18. The molecular formula is C24H22Cl3N3O2S. The molecule has 0 heterocycles. The Morgan fingerprint density at radius 2 is 1.36 bits per heavy atom. The van der Waals surface area contributed by atoms with E-state index in [0.717, 1.165) is 11.1 Å². The Morgan fingerprint density at radius 3 is 1.82 bits per heavy atom. The number of alkyl halides is 3. The van der Waals surface area contributed by atoms with Crippen LogP contribution in [0, 0.1) is 0 Å². The summed E-state index contributed by atoms with van der Waals surface area (Å²) in [5.41, 5.74) is 2.32. The second kappa shape index (κ2) is 11.6. The van der Waals surface area contributed by atoms with Gasteiger partial charge in [0.1, 0.15) is 11.9 Å². The Hall–Kier alpha value is -2.51. The molecule has 1 atom stereocenters. The summed E-state index contributed by atoms with van der Waals surface area (Å²) in [4.78, 5) is 13.4. The number of thiocarbonyl (C=S) groups is 1. The van der Waals surface area contributed by atoms with Crippen molar-refractivity contribution in [3.63, 3.8) is 0 Å². The maximum atomic E-state index is 13.4. The summed E-state index contributed by atoms with van der Waals surface area (Å²) in [5.74, 6) is -0.241. The molecule has 0 bridgehead atoms. The summed E-state index contributed by atoms with van der Waals surface area (Å²) in [5, 5.41) is 8.85. The first-order chi connectivity index (χ1) is 15.8. The number of halogens is 3. The van der Waals surface area contributed by atoms with Gasteiger partial charge in [-0.2, -0.15) is 0 Å². The molecule has 33 heavy (non-hydrogen) atoms. The third kappa shape index (κ3) is 7.24. The molecule has 172 valence electrons. The van der Waals surface area contributed by atoms with E-state index in [1.54, 1.807) is 31.4 Å². The van der Waals surface area contributed by atoms with Gasteiger partial charge in [-0.05, 0) is 47.6 Å². The number of methoxy groups -OCH3 is 1. The normalized spacial score (nSPS) is 12.0. The van der Waals surface area contributed by atoms with Crippen molar-refractivity contribution < 1.29 is 9.53 Å². The standard InChI is InChI=1S/C24H22Cl3N3O2S/c1-32-19-14-12-18(13-15-19)28-23(33)30-22(24(25,26)27)29-21(31)20(16-8-4-2-5-9-16)17-10-6-3-7-11-17/h2-15,20,22H,1H3,(H,29,31)(H2,28,30,33). The minimum absolute atomic E-state index is 0.174. The lowest BCUT2D eigenvalue weighted by molar-refractivity contribution is -0.122. The number of anilines is 1. The van der Waals surface area contributed by atoms with Crippen molar-refractivity contribution in [1.29, 1.82) is 0 Å². The summed E-state index contributed by atoms with van der Waals surface area (Å²) in [7, 11) is 1.58.